The Morgan fingerprint density at radius 3 is 2.25 bits per heavy atom. The zero-order chi connectivity index (χ0) is 27.4. The molecule has 2 aromatic carbocycles. The molecule has 1 atom stereocenters. The van der Waals surface area contributed by atoms with Crippen LogP contribution in [-0.2, 0) is 26.2 Å². The molecule has 0 unspecified atom stereocenters. The monoisotopic (exact) mass is 558 g/mol. The number of halogens is 2. The lowest BCUT2D eigenvalue weighted by molar-refractivity contribution is -0.384. The number of aryl methyl sites for hydroxylation is 1. The number of carbonyl (C=O) groups excluding carboxylic acids is 2. The Balaban J connectivity index is 2.50. The minimum Gasteiger partial charge on any atom is -0.352 e. The summed E-state index contributed by atoms with van der Waals surface area (Å²) in [5, 5.41) is 14.6. The number of nitro groups is 1. The maximum absolute atomic E-state index is 13.5. The van der Waals surface area contributed by atoms with Crippen LogP contribution < -0.4 is 9.62 Å². The quantitative estimate of drug-likeness (QED) is 0.347. The Kier molecular flexibility index (Phi) is 9.70. The number of nitrogens with zero attached hydrogens (tertiary/aromatic N) is 3. The average Bonchev–Trinajstić information content (AvgIpc) is 2.76. The number of amides is 2. The number of rotatable bonds is 10. The van der Waals surface area contributed by atoms with E-state index in [2.05, 4.69) is 5.32 Å². The molecule has 0 aliphatic rings. The fourth-order valence-electron chi connectivity index (χ4n) is 3.40. The van der Waals surface area contributed by atoms with Gasteiger partial charge in [0.05, 0.1) is 26.9 Å². The summed E-state index contributed by atoms with van der Waals surface area (Å²) in [6.07, 6.45) is 0.900. The standard InChI is InChI=1S/C23H28Cl2N4O6S/c1-14(2)26-23(31)16(4)27(12-17-7-9-19(24)20(25)10-17)22(30)13-28(36(5,34)35)21-11-18(29(32)33)8-6-15(21)3/h6-11,14,16H,12-13H2,1-5H3,(H,26,31)/t16-/m0/s1. The van der Waals surface area contributed by atoms with Gasteiger partial charge in [-0.25, -0.2) is 8.42 Å². The molecule has 2 amide bonds. The van der Waals surface area contributed by atoms with Gasteiger partial charge in [-0.2, -0.15) is 0 Å². The van der Waals surface area contributed by atoms with Crippen LogP contribution in [0.25, 0.3) is 0 Å². The van der Waals surface area contributed by atoms with Crippen molar-refractivity contribution in [1.29, 1.82) is 0 Å². The molecule has 1 N–H and O–H groups in total. The van der Waals surface area contributed by atoms with Gasteiger partial charge >= 0.3 is 0 Å². The number of anilines is 1. The van der Waals surface area contributed by atoms with E-state index in [0.29, 0.717) is 16.1 Å². The van der Waals surface area contributed by atoms with E-state index in [0.717, 1.165) is 16.6 Å². The minimum absolute atomic E-state index is 0.00572. The van der Waals surface area contributed by atoms with Gasteiger partial charge in [-0.15, -0.1) is 0 Å². The molecule has 0 saturated carbocycles. The van der Waals surface area contributed by atoms with Gasteiger partial charge in [-0.05, 0) is 51.0 Å². The summed E-state index contributed by atoms with van der Waals surface area (Å²) < 4.78 is 26.2. The maximum Gasteiger partial charge on any atom is 0.271 e. The number of nitro benzene ring substituents is 1. The highest BCUT2D eigenvalue weighted by molar-refractivity contribution is 7.92. The fourth-order valence-corrected chi connectivity index (χ4v) is 4.62. The summed E-state index contributed by atoms with van der Waals surface area (Å²) in [6.45, 7) is 5.90. The van der Waals surface area contributed by atoms with E-state index in [1.54, 1.807) is 39.0 Å². The van der Waals surface area contributed by atoms with Crippen molar-refractivity contribution >= 4 is 56.4 Å². The third kappa shape index (κ3) is 7.55. The predicted molar refractivity (Wildman–Crippen MR) is 140 cm³/mol. The second-order valence-electron chi connectivity index (χ2n) is 8.61. The van der Waals surface area contributed by atoms with E-state index in [9.17, 15) is 28.1 Å². The number of non-ortho nitro benzene ring substituents is 1. The highest BCUT2D eigenvalue weighted by Crippen LogP contribution is 2.28. The van der Waals surface area contributed by atoms with Crippen molar-refractivity contribution in [2.45, 2.75) is 46.3 Å². The smallest absolute Gasteiger partial charge is 0.271 e. The molecule has 0 radical (unpaired) electrons. The van der Waals surface area contributed by atoms with Gasteiger partial charge < -0.3 is 10.2 Å². The Bertz CT molecular complexity index is 1270. The molecule has 0 aliphatic heterocycles. The van der Waals surface area contributed by atoms with Gasteiger partial charge in [0.2, 0.25) is 21.8 Å². The van der Waals surface area contributed by atoms with Crippen molar-refractivity contribution in [3.63, 3.8) is 0 Å². The molecule has 0 saturated heterocycles. The molecule has 0 aliphatic carbocycles. The number of hydrogen-bond donors (Lipinski definition) is 1. The Hall–Kier alpha value is -2.89. The SMILES string of the molecule is Cc1ccc([N+](=O)[O-])cc1N(CC(=O)N(Cc1ccc(Cl)c(Cl)c1)[C@@H](C)C(=O)NC(C)C)S(C)(=O)=O. The van der Waals surface area contributed by atoms with Crippen LogP contribution in [0.2, 0.25) is 10.0 Å². The number of nitrogens with one attached hydrogen (secondary N) is 1. The number of benzene rings is 2. The lowest BCUT2D eigenvalue weighted by atomic mass is 10.1. The van der Waals surface area contributed by atoms with E-state index in [1.165, 1.54) is 24.0 Å². The lowest BCUT2D eigenvalue weighted by Gasteiger charge is -2.32. The third-order valence-corrected chi connectivity index (χ3v) is 7.15. The van der Waals surface area contributed by atoms with Crippen LogP contribution >= 0.6 is 23.2 Å². The summed E-state index contributed by atoms with van der Waals surface area (Å²) in [5.74, 6) is -1.13. The molecule has 0 spiro atoms. The van der Waals surface area contributed by atoms with Gasteiger partial charge in [-0.3, -0.25) is 24.0 Å². The predicted octanol–water partition coefficient (Wildman–Crippen LogP) is 3.92. The highest BCUT2D eigenvalue weighted by atomic mass is 35.5. The van der Waals surface area contributed by atoms with E-state index >= 15 is 0 Å². The molecule has 2 aromatic rings. The Morgan fingerprint density at radius 2 is 1.72 bits per heavy atom. The molecule has 0 aromatic heterocycles. The molecule has 36 heavy (non-hydrogen) atoms. The van der Waals surface area contributed by atoms with Crippen LogP contribution in [0.4, 0.5) is 11.4 Å². The number of sulfonamides is 1. The van der Waals surface area contributed by atoms with Crippen LogP contribution in [0.3, 0.4) is 0 Å². The molecule has 13 heteroatoms. The third-order valence-electron chi connectivity index (χ3n) is 5.29. The van der Waals surface area contributed by atoms with Crippen LogP contribution in [0.5, 0.6) is 0 Å². The maximum atomic E-state index is 13.5. The summed E-state index contributed by atoms with van der Waals surface area (Å²) in [4.78, 5) is 38.2. The van der Waals surface area contributed by atoms with Crippen LogP contribution in [-0.4, -0.2) is 54.9 Å². The largest absolute Gasteiger partial charge is 0.352 e. The topological polar surface area (TPSA) is 130 Å². The van der Waals surface area contributed by atoms with E-state index in [4.69, 9.17) is 23.2 Å². The zero-order valence-electron chi connectivity index (χ0n) is 20.5. The van der Waals surface area contributed by atoms with Crippen molar-refractivity contribution in [1.82, 2.24) is 10.2 Å². The average molecular weight is 559 g/mol. The molecule has 2 rings (SSSR count). The molecule has 196 valence electrons. The van der Waals surface area contributed by atoms with Gasteiger partial charge in [-0.1, -0.05) is 35.3 Å². The van der Waals surface area contributed by atoms with Crippen molar-refractivity contribution in [3.8, 4) is 0 Å². The van der Waals surface area contributed by atoms with Gasteiger partial charge in [0, 0.05) is 24.7 Å². The number of carbonyl (C=O) groups is 2. The van der Waals surface area contributed by atoms with Crippen molar-refractivity contribution in [2.24, 2.45) is 0 Å². The molecule has 0 fully saturated rings. The first-order chi connectivity index (χ1) is 16.6. The van der Waals surface area contributed by atoms with Crippen molar-refractivity contribution < 1.29 is 22.9 Å². The van der Waals surface area contributed by atoms with Crippen LogP contribution in [0, 0.1) is 17.0 Å². The van der Waals surface area contributed by atoms with Crippen molar-refractivity contribution in [2.75, 3.05) is 17.1 Å². The molecule has 0 bridgehead atoms. The van der Waals surface area contributed by atoms with Crippen LogP contribution in [0.1, 0.15) is 31.9 Å². The van der Waals surface area contributed by atoms with Gasteiger partial charge in [0.1, 0.15) is 12.6 Å². The summed E-state index contributed by atoms with van der Waals surface area (Å²) >= 11 is 12.1. The number of hydrogen-bond acceptors (Lipinski definition) is 6. The first-order valence-electron chi connectivity index (χ1n) is 10.9. The first-order valence-corrected chi connectivity index (χ1v) is 13.5. The normalized spacial score (nSPS) is 12.2. The minimum atomic E-state index is -4.04. The van der Waals surface area contributed by atoms with Gasteiger partial charge in [0.15, 0.2) is 0 Å². The second-order valence-corrected chi connectivity index (χ2v) is 11.3. The summed E-state index contributed by atoms with van der Waals surface area (Å²) in [6, 6.07) is 7.33. The molecular weight excluding hydrogens is 531 g/mol. The lowest BCUT2D eigenvalue weighted by Crippen LogP contribution is -2.52. The van der Waals surface area contributed by atoms with E-state index in [1.807, 2.05) is 0 Å². The summed E-state index contributed by atoms with van der Waals surface area (Å²) in [7, 11) is -4.04. The Morgan fingerprint density at radius 1 is 1.08 bits per heavy atom. The molecule has 10 nitrogen and oxygen atoms in total. The van der Waals surface area contributed by atoms with E-state index < -0.39 is 39.3 Å². The summed E-state index contributed by atoms with van der Waals surface area (Å²) in [5.41, 5.74) is 0.655. The highest BCUT2D eigenvalue weighted by Gasteiger charge is 2.31. The van der Waals surface area contributed by atoms with E-state index in [-0.39, 0.29) is 29.0 Å². The molecular formula is C23H28Cl2N4O6S. The fraction of sp³-hybridized carbons (Fsp3) is 0.391. The van der Waals surface area contributed by atoms with Gasteiger partial charge in [0.25, 0.3) is 5.69 Å². The molecule has 0 heterocycles. The van der Waals surface area contributed by atoms with Crippen LogP contribution in [0.15, 0.2) is 36.4 Å². The Labute approximate surface area is 220 Å². The zero-order valence-corrected chi connectivity index (χ0v) is 22.8. The van der Waals surface area contributed by atoms with Crippen molar-refractivity contribution in [3.05, 3.63) is 67.7 Å². The second kappa shape index (κ2) is 11.9. The first kappa shape index (κ1) is 29.3.